The van der Waals surface area contributed by atoms with Crippen molar-refractivity contribution < 1.29 is 13.5 Å². The van der Waals surface area contributed by atoms with Gasteiger partial charge in [-0.15, -0.1) is 0 Å². The summed E-state index contributed by atoms with van der Waals surface area (Å²) in [6.07, 6.45) is 3.46. The van der Waals surface area contributed by atoms with Crippen LogP contribution in [0.1, 0.15) is 37.2 Å². The molecular formula is C26H24N4O3S. The van der Waals surface area contributed by atoms with E-state index < -0.39 is 15.9 Å². The number of nitriles is 1. The zero-order valence-electron chi connectivity index (χ0n) is 18.4. The lowest BCUT2D eigenvalue weighted by Gasteiger charge is -2.40. The third-order valence-corrected chi connectivity index (χ3v) is 7.61. The summed E-state index contributed by atoms with van der Waals surface area (Å²) in [5.41, 5.74) is 10.4. The first-order valence-electron chi connectivity index (χ1n) is 11.1. The molecule has 7 nitrogen and oxygen atoms in total. The summed E-state index contributed by atoms with van der Waals surface area (Å²) >= 11 is 0. The van der Waals surface area contributed by atoms with Crippen LogP contribution in [0.2, 0.25) is 0 Å². The summed E-state index contributed by atoms with van der Waals surface area (Å²) in [7, 11) is -3.83. The Morgan fingerprint density at radius 3 is 2.41 bits per heavy atom. The van der Waals surface area contributed by atoms with Crippen molar-refractivity contribution >= 4 is 26.5 Å². The molecule has 0 bridgehead atoms. The molecule has 8 heteroatoms. The van der Waals surface area contributed by atoms with Gasteiger partial charge in [0.1, 0.15) is 11.6 Å². The maximum atomic E-state index is 11.7. The minimum atomic E-state index is -3.83. The monoisotopic (exact) mass is 472 g/mol. The molecule has 1 atom stereocenters. The Morgan fingerprint density at radius 2 is 1.71 bits per heavy atom. The minimum Gasteiger partial charge on any atom is -0.508 e. The molecule has 3 aromatic carbocycles. The van der Waals surface area contributed by atoms with Gasteiger partial charge in [0, 0.05) is 22.9 Å². The number of phenolic OH excluding ortho intramolecular Hbond substituents is 1. The zero-order chi connectivity index (χ0) is 24.0. The van der Waals surface area contributed by atoms with Gasteiger partial charge in [-0.25, -0.2) is 13.6 Å². The Labute approximate surface area is 198 Å². The number of hydrogen-bond donors (Lipinski definition) is 3. The lowest BCUT2D eigenvalue weighted by molar-refractivity contribution is 0.466. The number of primary sulfonamides is 1. The van der Waals surface area contributed by atoms with Crippen molar-refractivity contribution in [2.24, 2.45) is 10.9 Å². The fourth-order valence-electron chi connectivity index (χ4n) is 5.17. The van der Waals surface area contributed by atoms with E-state index in [4.69, 9.17) is 10.9 Å². The number of sulfonamides is 1. The van der Waals surface area contributed by atoms with Crippen LogP contribution in [-0.4, -0.2) is 13.5 Å². The second-order valence-corrected chi connectivity index (χ2v) is 10.2. The van der Waals surface area contributed by atoms with Crippen LogP contribution >= 0.6 is 0 Å². The second-order valence-electron chi connectivity index (χ2n) is 8.62. The van der Waals surface area contributed by atoms with Gasteiger partial charge in [0.15, 0.2) is 0 Å². The lowest BCUT2D eigenvalue weighted by Crippen LogP contribution is -2.36. The molecule has 1 aliphatic carbocycles. The average molecular weight is 473 g/mol. The van der Waals surface area contributed by atoms with Crippen molar-refractivity contribution in [2.45, 2.75) is 36.5 Å². The Balaban J connectivity index is 1.74. The van der Waals surface area contributed by atoms with Gasteiger partial charge >= 0.3 is 0 Å². The van der Waals surface area contributed by atoms with Crippen LogP contribution in [0.5, 0.6) is 5.75 Å². The Kier molecular flexibility index (Phi) is 5.31. The number of nitrogens with zero attached hydrogens (tertiary/aromatic N) is 2. The van der Waals surface area contributed by atoms with Gasteiger partial charge in [0.25, 0.3) is 0 Å². The van der Waals surface area contributed by atoms with Crippen LogP contribution in [0, 0.1) is 11.3 Å². The highest BCUT2D eigenvalue weighted by Gasteiger charge is 2.38. The third kappa shape index (κ3) is 3.50. The van der Waals surface area contributed by atoms with Crippen LogP contribution < -0.4 is 15.8 Å². The van der Waals surface area contributed by atoms with Crippen molar-refractivity contribution in [1.82, 2.24) is 0 Å². The molecule has 0 saturated heterocycles. The van der Waals surface area contributed by atoms with E-state index in [0.717, 1.165) is 47.7 Å². The number of allylic oxidation sites excluding steroid dienone is 3. The van der Waals surface area contributed by atoms with E-state index in [9.17, 15) is 18.8 Å². The molecule has 0 spiro atoms. The first kappa shape index (κ1) is 22.0. The van der Waals surface area contributed by atoms with Crippen LogP contribution in [0.3, 0.4) is 0 Å². The maximum absolute atomic E-state index is 11.7. The molecule has 0 amide bonds. The third-order valence-electron chi connectivity index (χ3n) is 6.68. The van der Waals surface area contributed by atoms with Crippen molar-refractivity contribution in [3.05, 3.63) is 88.9 Å². The largest absolute Gasteiger partial charge is 0.508 e. The highest BCUT2D eigenvalue weighted by Crippen LogP contribution is 2.50. The Hall–Kier alpha value is -3.80. The molecule has 1 unspecified atom stereocenters. The summed E-state index contributed by atoms with van der Waals surface area (Å²) in [4.78, 5) is 1.85. The molecule has 0 saturated carbocycles. The normalized spacial score (nSPS) is 18.7. The highest BCUT2D eigenvalue weighted by atomic mass is 32.2. The smallest absolute Gasteiger partial charge is 0.238 e. The minimum absolute atomic E-state index is 0.00715. The summed E-state index contributed by atoms with van der Waals surface area (Å²) in [6, 6.07) is 19.8. The van der Waals surface area contributed by atoms with Gasteiger partial charge < -0.3 is 15.7 Å². The first-order chi connectivity index (χ1) is 16.3. The molecule has 172 valence electrons. The number of hydrogen-bond acceptors (Lipinski definition) is 6. The van der Waals surface area contributed by atoms with E-state index in [2.05, 4.69) is 6.07 Å². The Morgan fingerprint density at radius 1 is 1.00 bits per heavy atom. The molecule has 2 aliphatic rings. The summed E-state index contributed by atoms with van der Waals surface area (Å²) < 4.78 is 23.4. The molecule has 1 heterocycles. The van der Waals surface area contributed by atoms with Crippen molar-refractivity contribution in [2.75, 3.05) is 4.90 Å². The predicted molar refractivity (Wildman–Crippen MR) is 131 cm³/mol. The average Bonchev–Trinajstić information content (AvgIpc) is 2.83. The molecule has 0 fully saturated rings. The number of anilines is 1. The number of benzene rings is 3. The fraction of sp³-hybridized carbons (Fsp3) is 0.192. The topological polar surface area (TPSA) is 133 Å². The van der Waals surface area contributed by atoms with Crippen LogP contribution in [0.25, 0.3) is 10.8 Å². The van der Waals surface area contributed by atoms with E-state index in [1.54, 1.807) is 18.2 Å². The van der Waals surface area contributed by atoms with Crippen LogP contribution in [0.15, 0.2) is 88.2 Å². The van der Waals surface area contributed by atoms with Gasteiger partial charge in [-0.05, 0) is 72.4 Å². The van der Waals surface area contributed by atoms with E-state index in [1.807, 2.05) is 35.2 Å². The number of phenols is 1. The Bertz CT molecular complexity index is 1520. The number of aromatic hydroxyl groups is 1. The fourth-order valence-corrected chi connectivity index (χ4v) is 5.69. The number of fused-ring (bicyclic) bond motifs is 1. The van der Waals surface area contributed by atoms with Gasteiger partial charge in [0.2, 0.25) is 10.0 Å². The molecule has 5 N–H and O–H groups in total. The number of rotatable bonds is 3. The molecule has 34 heavy (non-hydrogen) atoms. The van der Waals surface area contributed by atoms with Crippen LogP contribution in [-0.2, 0) is 10.0 Å². The molecule has 3 aromatic rings. The van der Waals surface area contributed by atoms with Crippen molar-refractivity contribution in [1.29, 1.82) is 5.26 Å². The summed E-state index contributed by atoms with van der Waals surface area (Å²) in [6.45, 7) is 0. The first-order valence-corrected chi connectivity index (χ1v) is 12.6. The zero-order valence-corrected chi connectivity index (χ0v) is 19.2. The highest BCUT2D eigenvalue weighted by molar-refractivity contribution is 7.89. The van der Waals surface area contributed by atoms with Gasteiger partial charge in [0.05, 0.1) is 16.5 Å². The van der Waals surface area contributed by atoms with Crippen LogP contribution in [0.4, 0.5) is 5.69 Å². The SMILES string of the molecule is N#CC1=C(N)N(c2ccc(S(N)(=O)=O)cc2)C2=C(CCCC2)C1c1c(O)ccc2ccccc12. The van der Waals surface area contributed by atoms with Gasteiger partial charge in [-0.2, -0.15) is 5.26 Å². The molecule has 0 aromatic heterocycles. The quantitative estimate of drug-likeness (QED) is 0.520. The maximum Gasteiger partial charge on any atom is 0.238 e. The van der Waals surface area contributed by atoms with Crippen molar-refractivity contribution in [3.63, 3.8) is 0 Å². The van der Waals surface area contributed by atoms with Gasteiger partial charge in [-0.3, -0.25) is 0 Å². The van der Waals surface area contributed by atoms with Crippen molar-refractivity contribution in [3.8, 4) is 11.8 Å². The number of nitrogens with two attached hydrogens (primary N) is 2. The van der Waals surface area contributed by atoms with E-state index in [-0.39, 0.29) is 16.5 Å². The summed E-state index contributed by atoms with van der Waals surface area (Å²) in [5.74, 6) is -0.0391. The standard InChI is InChI=1S/C26H24N4O3S/c27-15-21-24(25-19-6-2-1-5-16(19)9-14-23(25)31)20-7-3-4-8-22(20)30(26(21)28)17-10-12-18(13-11-17)34(29,32)33/h1-2,5-6,9-14,24,31H,3-4,7-8,28H2,(H2,29,32,33). The van der Waals surface area contributed by atoms with E-state index in [1.165, 1.54) is 12.1 Å². The molecule has 0 radical (unpaired) electrons. The molecular weight excluding hydrogens is 448 g/mol. The van der Waals surface area contributed by atoms with E-state index >= 15 is 0 Å². The van der Waals surface area contributed by atoms with E-state index in [0.29, 0.717) is 16.8 Å². The predicted octanol–water partition coefficient (Wildman–Crippen LogP) is 4.32. The lowest BCUT2D eigenvalue weighted by atomic mass is 9.74. The summed E-state index contributed by atoms with van der Waals surface area (Å²) in [5, 5.41) is 28.3. The molecule has 1 aliphatic heterocycles. The second kappa shape index (κ2) is 8.20. The molecule has 5 rings (SSSR count). The van der Waals surface area contributed by atoms with Gasteiger partial charge in [-0.1, -0.05) is 30.3 Å².